The Labute approximate surface area is 184 Å². The van der Waals surface area contributed by atoms with Crippen LogP contribution in [0.15, 0.2) is 59.5 Å². The third-order valence-corrected chi connectivity index (χ3v) is 7.53. The molecule has 0 aliphatic carbocycles. The minimum absolute atomic E-state index is 0.0306. The van der Waals surface area contributed by atoms with Crippen molar-refractivity contribution < 1.29 is 21.6 Å². The number of likely N-dealkylation sites (N-methyl/N-ethyl adjacent to an activating group) is 1. The van der Waals surface area contributed by atoms with Crippen molar-refractivity contribution in [2.24, 2.45) is 0 Å². The molecule has 0 heterocycles. The number of benzene rings is 2. The Morgan fingerprint density at radius 1 is 0.871 bits per heavy atom. The zero-order valence-corrected chi connectivity index (χ0v) is 19.6. The molecule has 0 aromatic heterocycles. The van der Waals surface area contributed by atoms with Gasteiger partial charge in [-0.3, -0.25) is 9.10 Å². The van der Waals surface area contributed by atoms with Crippen LogP contribution in [0.4, 0.5) is 11.4 Å². The van der Waals surface area contributed by atoms with Crippen LogP contribution in [0.25, 0.3) is 0 Å². The molecule has 0 bridgehead atoms. The Morgan fingerprint density at radius 3 is 1.97 bits per heavy atom. The van der Waals surface area contributed by atoms with Gasteiger partial charge in [0.05, 0.1) is 16.8 Å². The zero-order valence-electron chi connectivity index (χ0n) is 18.0. The maximum atomic E-state index is 12.4. The highest BCUT2D eigenvalue weighted by atomic mass is 32.2. The molecule has 0 aliphatic rings. The van der Waals surface area contributed by atoms with E-state index < -0.39 is 32.5 Å². The summed E-state index contributed by atoms with van der Waals surface area (Å²) in [7, 11) is -2.69. The first-order valence-corrected chi connectivity index (χ1v) is 12.7. The van der Waals surface area contributed by atoms with E-state index in [2.05, 4.69) is 5.32 Å². The van der Waals surface area contributed by atoms with Crippen LogP contribution in [-0.4, -0.2) is 74.1 Å². The molecule has 170 valence electrons. The van der Waals surface area contributed by atoms with Crippen molar-refractivity contribution in [3.63, 3.8) is 0 Å². The average molecular weight is 469 g/mol. The number of nitrogens with zero attached hydrogens (tertiary/aromatic N) is 3. The van der Waals surface area contributed by atoms with E-state index in [0.717, 1.165) is 20.6 Å². The molecule has 0 spiro atoms. The van der Waals surface area contributed by atoms with E-state index >= 15 is 0 Å². The number of anilines is 2. The van der Waals surface area contributed by atoms with Crippen LogP contribution in [0.1, 0.15) is 0 Å². The standard InChI is InChI=1S/C20H28N4O5S2/c1-22(2)31(28,29)19-12-10-18(11-13-19)24(30(4,26)27)16-20(25)21-14-15-23(3)17-8-6-5-7-9-17/h5-13H,14-16H2,1-4H3,(H,21,25). The predicted octanol–water partition coefficient (Wildman–Crippen LogP) is 0.956. The second-order valence-electron chi connectivity index (χ2n) is 7.16. The zero-order chi connectivity index (χ0) is 23.2. The van der Waals surface area contributed by atoms with Crippen molar-refractivity contribution in [2.75, 3.05) is 56.2 Å². The Hall–Kier alpha value is -2.63. The van der Waals surface area contributed by atoms with Gasteiger partial charge in [-0.2, -0.15) is 0 Å². The molecule has 0 unspecified atom stereocenters. The van der Waals surface area contributed by atoms with Gasteiger partial charge in [-0.15, -0.1) is 0 Å². The van der Waals surface area contributed by atoms with Crippen molar-refractivity contribution in [3.8, 4) is 0 Å². The first-order chi connectivity index (χ1) is 14.4. The van der Waals surface area contributed by atoms with Crippen LogP contribution >= 0.6 is 0 Å². The van der Waals surface area contributed by atoms with E-state index in [-0.39, 0.29) is 10.6 Å². The van der Waals surface area contributed by atoms with Crippen molar-refractivity contribution in [3.05, 3.63) is 54.6 Å². The minimum atomic E-state index is -3.76. The average Bonchev–Trinajstić information content (AvgIpc) is 2.71. The Bertz CT molecular complexity index is 1090. The summed E-state index contributed by atoms with van der Waals surface area (Å²) in [5.41, 5.74) is 1.21. The molecular formula is C20H28N4O5S2. The Balaban J connectivity index is 2.04. The lowest BCUT2D eigenvalue weighted by Crippen LogP contribution is -2.42. The Kier molecular flexibility index (Phi) is 8.04. The van der Waals surface area contributed by atoms with E-state index in [1.807, 2.05) is 42.3 Å². The predicted molar refractivity (Wildman–Crippen MR) is 122 cm³/mol. The number of carbonyl (C=O) groups excluding carboxylic acids is 1. The van der Waals surface area contributed by atoms with Crippen LogP contribution in [-0.2, 0) is 24.8 Å². The molecule has 2 rings (SSSR count). The van der Waals surface area contributed by atoms with Gasteiger partial charge in [0.2, 0.25) is 26.0 Å². The van der Waals surface area contributed by atoms with Gasteiger partial charge in [-0.1, -0.05) is 18.2 Å². The highest BCUT2D eigenvalue weighted by Crippen LogP contribution is 2.21. The van der Waals surface area contributed by atoms with Crippen molar-refractivity contribution in [1.82, 2.24) is 9.62 Å². The first-order valence-electron chi connectivity index (χ1n) is 9.46. The fourth-order valence-corrected chi connectivity index (χ4v) is 4.51. The summed E-state index contributed by atoms with van der Waals surface area (Å²) in [6.45, 7) is 0.473. The molecule has 0 saturated heterocycles. The molecule has 0 saturated carbocycles. The van der Waals surface area contributed by atoms with Gasteiger partial charge in [0.1, 0.15) is 6.54 Å². The monoisotopic (exact) mass is 468 g/mol. The quantitative estimate of drug-likeness (QED) is 0.557. The summed E-state index contributed by atoms with van der Waals surface area (Å²) in [5, 5.41) is 2.72. The molecule has 31 heavy (non-hydrogen) atoms. The van der Waals surface area contributed by atoms with Crippen LogP contribution in [0, 0.1) is 0 Å². The van der Waals surface area contributed by atoms with E-state index in [1.165, 1.54) is 38.4 Å². The van der Waals surface area contributed by atoms with Gasteiger partial charge in [-0.25, -0.2) is 21.1 Å². The maximum Gasteiger partial charge on any atom is 0.242 e. The number of nitrogens with one attached hydrogen (secondary N) is 1. The number of hydrogen-bond donors (Lipinski definition) is 1. The van der Waals surface area contributed by atoms with Crippen LogP contribution < -0.4 is 14.5 Å². The van der Waals surface area contributed by atoms with E-state index in [1.54, 1.807) is 0 Å². The molecule has 0 aliphatic heterocycles. The summed E-state index contributed by atoms with van der Waals surface area (Å²) < 4.78 is 50.9. The maximum absolute atomic E-state index is 12.4. The number of hydrogen-bond acceptors (Lipinski definition) is 6. The lowest BCUT2D eigenvalue weighted by Gasteiger charge is -2.23. The van der Waals surface area contributed by atoms with Crippen LogP contribution in [0.5, 0.6) is 0 Å². The number of carbonyl (C=O) groups is 1. The molecule has 2 aromatic carbocycles. The van der Waals surface area contributed by atoms with E-state index in [0.29, 0.717) is 13.1 Å². The Morgan fingerprint density at radius 2 is 1.45 bits per heavy atom. The molecule has 11 heteroatoms. The second kappa shape index (κ2) is 10.1. The van der Waals surface area contributed by atoms with Gasteiger partial charge in [0, 0.05) is 39.9 Å². The highest BCUT2D eigenvalue weighted by Gasteiger charge is 2.22. The minimum Gasteiger partial charge on any atom is -0.373 e. The third-order valence-electron chi connectivity index (χ3n) is 4.56. The number of rotatable bonds is 10. The molecule has 1 N–H and O–H groups in total. The van der Waals surface area contributed by atoms with E-state index in [4.69, 9.17) is 0 Å². The summed E-state index contributed by atoms with van der Waals surface area (Å²) >= 11 is 0. The topological polar surface area (TPSA) is 107 Å². The smallest absolute Gasteiger partial charge is 0.242 e. The largest absolute Gasteiger partial charge is 0.373 e. The molecule has 0 fully saturated rings. The molecule has 0 atom stereocenters. The fourth-order valence-electron chi connectivity index (χ4n) is 2.76. The van der Waals surface area contributed by atoms with E-state index in [9.17, 15) is 21.6 Å². The van der Waals surface area contributed by atoms with Gasteiger partial charge in [0.15, 0.2) is 0 Å². The third kappa shape index (κ3) is 6.68. The summed E-state index contributed by atoms with van der Waals surface area (Å²) in [4.78, 5) is 14.4. The van der Waals surface area contributed by atoms with Crippen molar-refractivity contribution >= 4 is 37.3 Å². The SMILES string of the molecule is CN(CCNC(=O)CN(c1ccc(S(=O)(=O)N(C)C)cc1)S(C)(=O)=O)c1ccccc1. The van der Waals surface area contributed by atoms with Crippen molar-refractivity contribution in [2.45, 2.75) is 4.90 Å². The van der Waals surface area contributed by atoms with Crippen LogP contribution in [0.3, 0.4) is 0 Å². The van der Waals surface area contributed by atoms with Gasteiger partial charge >= 0.3 is 0 Å². The van der Waals surface area contributed by atoms with Crippen LogP contribution in [0.2, 0.25) is 0 Å². The normalized spacial score (nSPS) is 11.9. The second-order valence-corrected chi connectivity index (χ2v) is 11.2. The number of para-hydroxylation sites is 1. The molecular weight excluding hydrogens is 440 g/mol. The van der Waals surface area contributed by atoms with Gasteiger partial charge in [-0.05, 0) is 36.4 Å². The highest BCUT2D eigenvalue weighted by molar-refractivity contribution is 7.92. The number of amides is 1. The summed E-state index contributed by atoms with van der Waals surface area (Å²) in [6, 6.07) is 15.0. The van der Waals surface area contributed by atoms with Gasteiger partial charge in [0.25, 0.3) is 0 Å². The molecule has 0 radical (unpaired) electrons. The summed E-state index contributed by atoms with van der Waals surface area (Å²) in [5.74, 6) is -0.461. The fraction of sp³-hybridized carbons (Fsp3) is 0.350. The molecule has 1 amide bonds. The summed E-state index contributed by atoms with van der Waals surface area (Å²) in [6.07, 6.45) is 0.994. The molecule has 9 nitrogen and oxygen atoms in total. The molecule has 2 aromatic rings. The van der Waals surface area contributed by atoms with Gasteiger partial charge < -0.3 is 10.2 Å². The lowest BCUT2D eigenvalue weighted by molar-refractivity contribution is -0.119. The lowest BCUT2D eigenvalue weighted by atomic mass is 10.3. The first kappa shape index (κ1) is 24.6. The number of sulfonamides is 2. The van der Waals surface area contributed by atoms with Crippen molar-refractivity contribution in [1.29, 1.82) is 0 Å².